The van der Waals surface area contributed by atoms with Gasteiger partial charge < -0.3 is 15.2 Å². The first-order chi connectivity index (χ1) is 11.1. The van der Waals surface area contributed by atoms with E-state index < -0.39 is 0 Å². The fourth-order valence-electron chi connectivity index (χ4n) is 1.80. The smallest absolute Gasteiger partial charge is 0.269 e. The Morgan fingerprint density at radius 1 is 1.13 bits per heavy atom. The van der Waals surface area contributed by atoms with E-state index in [0.717, 1.165) is 0 Å². The number of phenols is 1. The molecule has 4 N–H and O–H groups in total. The number of nitrogens with one attached hydrogen (secondary N) is 3. The number of para-hydroxylation sites is 2. The van der Waals surface area contributed by atoms with E-state index in [4.69, 9.17) is 17.0 Å². The molecule has 0 aliphatic carbocycles. The number of benzene rings is 2. The number of hydrogen-bond donors (Lipinski definition) is 4. The summed E-state index contributed by atoms with van der Waals surface area (Å²) in [6, 6.07) is 13.2. The first-order valence-corrected chi connectivity index (χ1v) is 7.39. The predicted molar refractivity (Wildman–Crippen MR) is 92.5 cm³/mol. The first-order valence-electron chi connectivity index (χ1n) is 6.98. The number of hydrogen-bond acceptors (Lipinski definition) is 4. The van der Waals surface area contributed by atoms with Crippen molar-refractivity contribution in [2.75, 3.05) is 11.9 Å². The number of anilines is 1. The molecule has 0 aromatic heterocycles. The van der Waals surface area contributed by atoms with Crippen LogP contribution >= 0.6 is 12.2 Å². The summed E-state index contributed by atoms with van der Waals surface area (Å²) in [6.45, 7) is 2.43. The van der Waals surface area contributed by atoms with Gasteiger partial charge in [-0.1, -0.05) is 12.1 Å². The van der Waals surface area contributed by atoms with Gasteiger partial charge in [-0.15, -0.1) is 0 Å². The second-order valence-electron chi connectivity index (χ2n) is 4.51. The van der Waals surface area contributed by atoms with Gasteiger partial charge in [0.15, 0.2) is 5.11 Å². The minimum Gasteiger partial charge on any atom is -0.508 e. The highest BCUT2D eigenvalue weighted by atomic mass is 32.1. The summed E-state index contributed by atoms with van der Waals surface area (Å²) in [6.07, 6.45) is 0. The number of aromatic hydroxyl groups is 1. The molecule has 0 spiro atoms. The van der Waals surface area contributed by atoms with Crippen LogP contribution in [0.4, 0.5) is 5.69 Å². The normalized spacial score (nSPS) is 9.78. The highest BCUT2D eigenvalue weighted by Crippen LogP contribution is 2.23. The molecular formula is C16H17N3O3S. The molecule has 0 fully saturated rings. The first kappa shape index (κ1) is 16.6. The zero-order chi connectivity index (χ0) is 16.7. The molecule has 0 saturated carbocycles. The number of ether oxygens (including phenoxy) is 1. The molecule has 2 aromatic carbocycles. The third-order valence-electron chi connectivity index (χ3n) is 2.85. The van der Waals surface area contributed by atoms with E-state index in [0.29, 0.717) is 23.6 Å². The highest BCUT2D eigenvalue weighted by molar-refractivity contribution is 7.80. The molecule has 1 amide bonds. The number of hydrazine groups is 1. The molecule has 120 valence electrons. The van der Waals surface area contributed by atoms with Gasteiger partial charge in [-0.2, -0.15) is 0 Å². The van der Waals surface area contributed by atoms with Gasteiger partial charge >= 0.3 is 0 Å². The van der Waals surface area contributed by atoms with Gasteiger partial charge in [0, 0.05) is 5.56 Å². The van der Waals surface area contributed by atoms with E-state index >= 15 is 0 Å². The Morgan fingerprint density at radius 3 is 2.52 bits per heavy atom. The van der Waals surface area contributed by atoms with E-state index in [1.165, 1.54) is 24.3 Å². The van der Waals surface area contributed by atoms with Crippen molar-refractivity contribution in [3.63, 3.8) is 0 Å². The third kappa shape index (κ3) is 4.86. The molecule has 0 aliphatic rings. The lowest BCUT2D eigenvalue weighted by molar-refractivity contribution is 0.0944. The number of carbonyl (C=O) groups is 1. The summed E-state index contributed by atoms with van der Waals surface area (Å²) in [5.41, 5.74) is 6.19. The molecule has 0 aliphatic heterocycles. The fraction of sp³-hybridized carbons (Fsp3) is 0.125. The van der Waals surface area contributed by atoms with Crippen molar-refractivity contribution >= 4 is 28.9 Å². The van der Waals surface area contributed by atoms with Gasteiger partial charge in [-0.05, 0) is 55.5 Å². The average molecular weight is 331 g/mol. The van der Waals surface area contributed by atoms with Crippen LogP contribution in [0, 0.1) is 0 Å². The van der Waals surface area contributed by atoms with Crippen LogP contribution in [0.2, 0.25) is 0 Å². The van der Waals surface area contributed by atoms with Crippen LogP contribution in [0.5, 0.6) is 11.5 Å². The number of thiocarbonyl (C=S) groups is 1. The van der Waals surface area contributed by atoms with Crippen molar-refractivity contribution < 1.29 is 14.6 Å². The Balaban J connectivity index is 1.90. The maximum Gasteiger partial charge on any atom is 0.269 e. The molecule has 2 aromatic rings. The van der Waals surface area contributed by atoms with Crippen molar-refractivity contribution in [3.8, 4) is 11.5 Å². The summed E-state index contributed by atoms with van der Waals surface area (Å²) < 4.78 is 5.48. The van der Waals surface area contributed by atoms with Crippen molar-refractivity contribution in [2.24, 2.45) is 0 Å². The third-order valence-corrected chi connectivity index (χ3v) is 3.06. The second kappa shape index (κ2) is 8.00. The number of phenolic OH excluding ortho intramolecular Hbond substituents is 1. The highest BCUT2D eigenvalue weighted by Gasteiger charge is 2.07. The summed E-state index contributed by atoms with van der Waals surface area (Å²) in [5.74, 6) is 0.399. The summed E-state index contributed by atoms with van der Waals surface area (Å²) in [7, 11) is 0. The molecule has 2 rings (SSSR count). The Kier molecular flexibility index (Phi) is 5.76. The quantitative estimate of drug-likeness (QED) is 0.509. The molecule has 0 bridgehead atoms. The van der Waals surface area contributed by atoms with Gasteiger partial charge in [0.05, 0.1) is 12.3 Å². The Labute approximate surface area is 139 Å². The monoisotopic (exact) mass is 331 g/mol. The summed E-state index contributed by atoms with van der Waals surface area (Å²) in [4.78, 5) is 11.9. The van der Waals surface area contributed by atoms with Crippen LogP contribution in [0.25, 0.3) is 0 Å². The Hall–Kier alpha value is -2.80. The van der Waals surface area contributed by atoms with Gasteiger partial charge in [0.1, 0.15) is 11.5 Å². The maximum absolute atomic E-state index is 11.9. The molecule has 7 heteroatoms. The lowest BCUT2D eigenvalue weighted by atomic mass is 10.2. The number of amides is 1. The van der Waals surface area contributed by atoms with Crippen molar-refractivity contribution in [1.29, 1.82) is 0 Å². The molecule has 0 unspecified atom stereocenters. The molecule has 0 atom stereocenters. The van der Waals surface area contributed by atoms with Gasteiger partial charge in [0.25, 0.3) is 5.91 Å². The largest absolute Gasteiger partial charge is 0.508 e. The second-order valence-corrected chi connectivity index (χ2v) is 4.92. The van der Waals surface area contributed by atoms with Crippen LogP contribution in [0.1, 0.15) is 17.3 Å². The zero-order valence-electron chi connectivity index (χ0n) is 12.5. The molecule has 0 radical (unpaired) electrons. The van der Waals surface area contributed by atoms with E-state index in [1.807, 2.05) is 31.2 Å². The topological polar surface area (TPSA) is 82.6 Å². The van der Waals surface area contributed by atoms with Crippen molar-refractivity contribution in [1.82, 2.24) is 10.9 Å². The number of rotatable bonds is 4. The average Bonchev–Trinajstić information content (AvgIpc) is 2.55. The van der Waals surface area contributed by atoms with E-state index in [9.17, 15) is 9.90 Å². The lowest BCUT2D eigenvalue weighted by Crippen LogP contribution is -2.43. The van der Waals surface area contributed by atoms with Crippen LogP contribution in [0.15, 0.2) is 48.5 Å². The van der Waals surface area contributed by atoms with Gasteiger partial charge in [0.2, 0.25) is 0 Å². The van der Waals surface area contributed by atoms with Gasteiger partial charge in [-0.25, -0.2) is 0 Å². The minimum absolute atomic E-state index is 0.0965. The number of carbonyl (C=O) groups excluding carboxylic acids is 1. The Morgan fingerprint density at radius 2 is 1.83 bits per heavy atom. The van der Waals surface area contributed by atoms with E-state index in [2.05, 4.69) is 16.2 Å². The summed E-state index contributed by atoms with van der Waals surface area (Å²) in [5, 5.41) is 12.4. The minimum atomic E-state index is -0.368. The molecule has 6 nitrogen and oxygen atoms in total. The van der Waals surface area contributed by atoms with Crippen LogP contribution < -0.4 is 20.9 Å². The lowest BCUT2D eigenvalue weighted by Gasteiger charge is -2.14. The standard InChI is InChI=1S/C16H17N3O3S/c1-2-22-14-6-4-3-5-13(14)17-16(23)19-18-15(21)11-7-9-12(20)10-8-11/h3-10,20H,2H2,1H3,(H,18,21)(H2,17,19,23). The molecule has 0 heterocycles. The molecular weight excluding hydrogens is 314 g/mol. The SMILES string of the molecule is CCOc1ccccc1NC(=S)NNC(=O)c1ccc(O)cc1. The van der Waals surface area contributed by atoms with Gasteiger partial charge in [-0.3, -0.25) is 15.6 Å². The maximum atomic E-state index is 11.9. The summed E-state index contributed by atoms with van der Waals surface area (Å²) >= 11 is 5.14. The van der Waals surface area contributed by atoms with Crippen LogP contribution in [-0.2, 0) is 0 Å². The van der Waals surface area contributed by atoms with E-state index in [1.54, 1.807) is 0 Å². The molecule has 23 heavy (non-hydrogen) atoms. The van der Waals surface area contributed by atoms with Crippen molar-refractivity contribution in [3.05, 3.63) is 54.1 Å². The van der Waals surface area contributed by atoms with E-state index in [-0.39, 0.29) is 16.8 Å². The van der Waals surface area contributed by atoms with Crippen LogP contribution in [-0.4, -0.2) is 22.7 Å². The molecule has 0 saturated heterocycles. The zero-order valence-corrected chi connectivity index (χ0v) is 13.3. The predicted octanol–water partition coefficient (Wildman–Crippen LogP) is 2.42. The Bertz CT molecular complexity index is 689. The van der Waals surface area contributed by atoms with Crippen molar-refractivity contribution in [2.45, 2.75) is 6.92 Å². The fourth-order valence-corrected chi connectivity index (χ4v) is 1.96. The van der Waals surface area contributed by atoms with Crippen LogP contribution in [0.3, 0.4) is 0 Å².